The van der Waals surface area contributed by atoms with Crippen molar-refractivity contribution >= 4 is 5.97 Å². The summed E-state index contributed by atoms with van der Waals surface area (Å²) in [5.41, 5.74) is 2.30. The minimum Gasteiger partial charge on any atom is -0.485 e. The van der Waals surface area contributed by atoms with Gasteiger partial charge in [0.25, 0.3) is 0 Å². The molecule has 2 atom stereocenters. The van der Waals surface area contributed by atoms with E-state index >= 15 is 0 Å². The van der Waals surface area contributed by atoms with Gasteiger partial charge in [0.15, 0.2) is 12.2 Å². The maximum atomic E-state index is 11.2. The van der Waals surface area contributed by atoms with Gasteiger partial charge < -0.3 is 9.47 Å². The van der Waals surface area contributed by atoms with Crippen LogP contribution in [0.5, 0.6) is 5.75 Å². The standard InChI is InChI=1S/C12H12O3/c1-2-7-4-3-5-8-11(7)12-9(14-8)6-10(13)15-12/h3-5,9,12H,2,6H2,1H3/t9-,12+/m1/s1. The number of rotatable bonds is 1. The normalized spacial score (nSPS) is 26.9. The van der Waals surface area contributed by atoms with Gasteiger partial charge in [-0.2, -0.15) is 0 Å². The zero-order valence-electron chi connectivity index (χ0n) is 8.53. The molecule has 0 amide bonds. The molecule has 0 bridgehead atoms. The number of fused-ring (bicyclic) bond motifs is 3. The Morgan fingerprint density at radius 1 is 1.40 bits per heavy atom. The highest BCUT2D eigenvalue weighted by atomic mass is 16.6. The number of carbonyl (C=O) groups excluding carboxylic acids is 1. The van der Waals surface area contributed by atoms with Gasteiger partial charge in [-0.15, -0.1) is 0 Å². The van der Waals surface area contributed by atoms with E-state index in [0.29, 0.717) is 6.42 Å². The van der Waals surface area contributed by atoms with Gasteiger partial charge in [-0.1, -0.05) is 19.1 Å². The topological polar surface area (TPSA) is 35.5 Å². The third-order valence-corrected chi connectivity index (χ3v) is 3.06. The Hall–Kier alpha value is -1.51. The summed E-state index contributed by atoms with van der Waals surface area (Å²) in [4.78, 5) is 11.2. The molecule has 1 saturated heterocycles. The summed E-state index contributed by atoms with van der Waals surface area (Å²) >= 11 is 0. The minimum absolute atomic E-state index is 0.0970. The second-order valence-electron chi connectivity index (χ2n) is 3.95. The first kappa shape index (κ1) is 8.77. The van der Waals surface area contributed by atoms with Crippen LogP contribution in [-0.4, -0.2) is 12.1 Å². The molecule has 1 aromatic carbocycles. The molecule has 0 aliphatic carbocycles. The molecular formula is C12H12O3. The Morgan fingerprint density at radius 3 is 3.07 bits per heavy atom. The number of benzene rings is 1. The lowest BCUT2D eigenvalue weighted by Gasteiger charge is -2.09. The van der Waals surface area contributed by atoms with Crippen LogP contribution < -0.4 is 4.74 Å². The van der Waals surface area contributed by atoms with Crippen molar-refractivity contribution in [1.29, 1.82) is 0 Å². The first-order chi connectivity index (χ1) is 7.29. The lowest BCUT2D eigenvalue weighted by molar-refractivity contribution is -0.141. The van der Waals surface area contributed by atoms with Gasteiger partial charge in [0, 0.05) is 5.56 Å². The van der Waals surface area contributed by atoms with Crippen LogP contribution in [0, 0.1) is 0 Å². The van der Waals surface area contributed by atoms with Crippen molar-refractivity contribution in [1.82, 2.24) is 0 Å². The molecule has 78 valence electrons. The van der Waals surface area contributed by atoms with Crippen LogP contribution in [0.15, 0.2) is 18.2 Å². The van der Waals surface area contributed by atoms with Crippen molar-refractivity contribution in [3.8, 4) is 5.75 Å². The molecule has 0 radical (unpaired) electrons. The molecular weight excluding hydrogens is 192 g/mol. The van der Waals surface area contributed by atoms with Crippen LogP contribution in [0.25, 0.3) is 0 Å². The molecule has 0 aromatic heterocycles. The largest absolute Gasteiger partial charge is 0.485 e. The molecule has 0 spiro atoms. The number of esters is 1. The van der Waals surface area contributed by atoms with Crippen molar-refractivity contribution in [2.45, 2.75) is 32.0 Å². The number of aryl methyl sites for hydroxylation is 1. The third kappa shape index (κ3) is 1.16. The molecule has 1 fully saturated rings. The van der Waals surface area contributed by atoms with Crippen LogP contribution in [-0.2, 0) is 16.0 Å². The lowest BCUT2D eigenvalue weighted by atomic mass is 9.99. The van der Waals surface area contributed by atoms with Gasteiger partial charge in [0.1, 0.15) is 5.75 Å². The van der Waals surface area contributed by atoms with Crippen LogP contribution in [0.1, 0.15) is 30.6 Å². The van der Waals surface area contributed by atoms with Gasteiger partial charge >= 0.3 is 5.97 Å². The van der Waals surface area contributed by atoms with Crippen LogP contribution >= 0.6 is 0 Å². The molecule has 0 unspecified atom stereocenters. The summed E-state index contributed by atoms with van der Waals surface area (Å²) in [6.45, 7) is 2.10. The highest BCUT2D eigenvalue weighted by molar-refractivity contribution is 5.74. The zero-order chi connectivity index (χ0) is 10.4. The van der Waals surface area contributed by atoms with Crippen LogP contribution in [0.4, 0.5) is 0 Å². The molecule has 2 aliphatic heterocycles. The van der Waals surface area contributed by atoms with Crippen molar-refractivity contribution in [3.63, 3.8) is 0 Å². The molecule has 2 heterocycles. The summed E-state index contributed by atoms with van der Waals surface area (Å²) in [6.07, 6.45) is 1.05. The fourth-order valence-corrected chi connectivity index (χ4v) is 2.37. The summed E-state index contributed by atoms with van der Waals surface area (Å²) in [5.74, 6) is 0.735. The Labute approximate surface area is 88.0 Å². The van der Waals surface area contributed by atoms with E-state index in [2.05, 4.69) is 13.0 Å². The van der Waals surface area contributed by atoms with Gasteiger partial charge in [0.05, 0.1) is 6.42 Å². The number of hydrogen-bond acceptors (Lipinski definition) is 3. The Balaban J connectivity index is 2.09. The zero-order valence-corrected chi connectivity index (χ0v) is 8.53. The first-order valence-corrected chi connectivity index (χ1v) is 5.27. The molecule has 3 rings (SSSR count). The SMILES string of the molecule is CCc1cccc2c1[C@H]1OC(=O)C[C@H]1O2. The van der Waals surface area contributed by atoms with Crippen LogP contribution in [0.3, 0.4) is 0 Å². The second kappa shape index (κ2) is 2.99. The molecule has 3 nitrogen and oxygen atoms in total. The predicted molar refractivity (Wildman–Crippen MR) is 53.7 cm³/mol. The summed E-state index contributed by atoms with van der Waals surface area (Å²) < 4.78 is 11.0. The van der Waals surface area contributed by atoms with E-state index in [9.17, 15) is 4.79 Å². The fraction of sp³-hybridized carbons (Fsp3) is 0.417. The molecule has 2 aliphatic rings. The van der Waals surface area contributed by atoms with Crippen molar-refractivity contribution in [2.75, 3.05) is 0 Å². The number of carbonyl (C=O) groups is 1. The smallest absolute Gasteiger partial charge is 0.310 e. The molecule has 3 heteroatoms. The average Bonchev–Trinajstić information content (AvgIpc) is 2.72. The first-order valence-electron chi connectivity index (χ1n) is 5.27. The predicted octanol–water partition coefficient (Wildman–Crippen LogP) is 2.00. The highest BCUT2D eigenvalue weighted by Crippen LogP contribution is 2.45. The van der Waals surface area contributed by atoms with Crippen molar-refractivity contribution in [3.05, 3.63) is 29.3 Å². The van der Waals surface area contributed by atoms with Gasteiger partial charge in [-0.3, -0.25) is 4.79 Å². The number of hydrogen-bond donors (Lipinski definition) is 0. The van der Waals surface area contributed by atoms with E-state index in [1.807, 2.05) is 12.1 Å². The Kier molecular flexibility index (Phi) is 1.75. The lowest BCUT2D eigenvalue weighted by Crippen LogP contribution is -2.12. The van der Waals surface area contributed by atoms with Crippen LogP contribution in [0.2, 0.25) is 0 Å². The van der Waals surface area contributed by atoms with E-state index in [1.165, 1.54) is 5.56 Å². The molecule has 15 heavy (non-hydrogen) atoms. The maximum Gasteiger partial charge on any atom is 0.310 e. The highest BCUT2D eigenvalue weighted by Gasteiger charge is 2.45. The van der Waals surface area contributed by atoms with E-state index < -0.39 is 0 Å². The summed E-state index contributed by atoms with van der Waals surface area (Å²) in [7, 11) is 0. The molecule has 0 N–H and O–H groups in total. The third-order valence-electron chi connectivity index (χ3n) is 3.06. The van der Waals surface area contributed by atoms with Gasteiger partial charge in [-0.05, 0) is 18.1 Å². The fourth-order valence-electron chi connectivity index (χ4n) is 2.37. The summed E-state index contributed by atoms with van der Waals surface area (Å²) in [6, 6.07) is 6.00. The minimum atomic E-state index is -0.163. The van der Waals surface area contributed by atoms with Gasteiger partial charge in [0.2, 0.25) is 0 Å². The molecule has 1 aromatic rings. The summed E-state index contributed by atoms with van der Waals surface area (Å²) in [5, 5.41) is 0. The quantitative estimate of drug-likeness (QED) is 0.656. The average molecular weight is 204 g/mol. The number of ether oxygens (including phenoxy) is 2. The second-order valence-corrected chi connectivity index (χ2v) is 3.95. The Bertz CT molecular complexity index is 425. The van der Waals surface area contributed by atoms with Gasteiger partial charge in [-0.25, -0.2) is 0 Å². The molecule has 0 saturated carbocycles. The van der Waals surface area contributed by atoms with E-state index in [1.54, 1.807) is 0 Å². The maximum absolute atomic E-state index is 11.2. The Morgan fingerprint density at radius 2 is 2.27 bits per heavy atom. The van der Waals surface area contributed by atoms with E-state index in [0.717, 1.165) is 17.7 Å². The van der Waals surface area contributed by atoms with Crippen molar-refractivity contribution < 1.29 is 14.3 Å². The monoisotopic (exact) mass is 204 g/mol. The van der Waals surface area contributed by atoms with E-state index in [4.69, 9.17) is 9.47 Å². The van der Waals surface area contributed by atoms with Crippen molar-refractivity contribution in [2.24, 2.45) is 0 Å². The van der Waals surface area contributed by atoms with E-state index in [-0.39, 0.29) is 18.2 Å².